The Labute approximate surface area is 174 Å². The van der Waals surface area contributed by atoms with Crippen molar-refractivity contribution in [2.75, 3.05) is 6.61 Å². The first-order valence-corrected chi connectivity index (χ1v) is 10.8. The molecule has 4 rings (SSSR count). The van der Waals surface area contributed by atoms with E-state index >= 15 is 0 Å². The average molecular weight is 412 g/mol. The van der Waals surface area contributed by atoms with Gasteiger partial charge in [0, 0.05) is 26.3 Å². The molecule has 0 atom stereocenters. The van der Waals surface area contributed by atoms with Crippen molar-refractivity contribution in [1.29, 1.82) is 0 Å². The van der Waals surface area contributed by atoms with Gasteiger partial charge in [-0.25, -0.2) is 0 Å². The molecule has 1 aromatic heterocycles. The van der Waals surface area contributed by atoms with E-state index in [-0.39, 0.29) is 5.43 Å². The lowest BCUT2D eigenvalue weighted by molar-refractivity contribution is 0.121. The number of rotatable bonds is 6. The predicted molar refractivity (Wildman–Crippen MR) is 117 cm³/mol. The zero-order chi connectivity index (χ0) is 19.5. The number of hydrogen-bond acceptors (Lipinski definition) is 3. The molecule has 0 radical (unpaired) electrons. The van der Waals surface area contributed by atoms with Crippen molar-refractivity contribution in [2.45, 2.75) is 36.3 Å². The summed E-state index contributed by atoms with van der Waals surface area (Å²) in [5, 5.41) is 1.35. The number of pyridine rings is 1. The van der Waals surface area contributed by atoms with Crippen molar-refractivity contribution in [3.63, 3.8) is 0 Å². The Morgan fingerprint density at radius 1 is 1.07 bits per heavy atom. The van der Waals surface area contributed by atoms with Crippen LogP contribution in [0.1, 0.15) is 26.2 Å². The minimum atomic E-state index is -0.0101. The van der Waals surface area contributed by atoms with Crippen LogP contribution < -0.4 is 10.3 Å². The largest absolute Gasteiger partial charge is 0.415 e. The number of halogens is 1. The van der Waals surface area contributed by atoms with Crippen LogP contribution in [0.25, 0.3) is 22.3 Å². The van der Waals surface area contributed by atoms with Gasteiger partial charge in [-0.3, -0.25) is 4.79 Å². The SMILES string of the molecule is CCOn1cc(-c2ccc(Cl)cc2)c(=O)c(-c2cccc(SC3CCC3)c2)c1. The normalized spacial score (nSPS) is 13.9. The van der Waals surface area contributed by atoms with Crippen LogP contribution >= 0.6 is 23.4 Å². The van der Waals surface area contributed by atoms with Crippen molar-refractivity contribution in [1.82, 2.24) is 4.73 Å². The second-order valence-electron chi connectivity index (χ2n) is 6.90. The van der Waals surface area contributed by atoms with Gasteiger partial charge in [0.2, 0.25) is 0 Å². The molecule has 0 bridgehead atoms. The molecule has 144 valence electrons. The summed E-state index contributed by atoms with van der Waals surface area (Å²) >= 11 is 7.92. The molecule has 1 saturated carbocycles. The van der Waals surface area contributed by atoms with E-state index in [1.165, 1.54) is 24.2 Å². The molecule has 0 amide bonds. The summed E-state index contributed by atoms with van der Waals surface area (Å²) in [7, 11) is 0. The maximum atomic E-state index is 13.3. The average Bonchev–Trinajstić information content (AvgIpc) is 2.67. The summed E-state index contributed by atoms with van der Waals surface area (Å²) < 4.78 is 1.63. The predicted octanol–water partition coefficient (Wildman–Crippen LogP) is 5.93. The van der Waals surface area contributed by atoms with Crippen LogP contribution in [0.15, 0.2) is 70.6 Å². The molecule has 0 N–H and O–H groups in total. The summed E-state index contributed by atoms with van der Waals surface area (Å²) in [6.07, 6.45) is 7.39. The smallest absolute Gasteiger partial charge is 0.197 e. The molecule has 0 spiro atoms. The van der Waals surface area contributed by atoms with E-state index in [1.54, 1.807) is 29.3 Å². The molecule has 0 aliphatic heterocycles. The van der Waals surface area contributed by atoms with Crippen LogP contribution in [0.4, 0.5) is 0 Å². The second-order valence-corrected chi connectivity index (χ2v) is 8.71. The van der Waals surface area contributed by atoms with Crippen LogP contribution in [-0.2, 0) is 0 Å². The maximum absolute atomic E-state index is 13.3. The molecule has 3 nitrogen and oxygen atoms in total. The van der Waals surface area contributed by atoms with E-state index in [2.05, 4.69) is 12.1 Å². The van der Waals surface area contributed by atoms with Gasteiger partial charge in [0.25, 0.3) is 0 Å². The highest BCUT2D eigenvalue weighted by Crippen LogP contribution is 2.37. The lowest BCUT2D eigenvalue weighted by Gasteiger charge is -2.24. The van der Waals surface area contributed by atoms with Crippen molar-refractivity contribution < 1.29 is 4.84 Å². The fraction of sp³-hybridized carbons (Fsp3) is 0.261. The summed E-state index contributed by atoms with van der Waals surface area (Å²) in [5.74, 6) is 0. The van der Waals surface area contributed by atoms with Crippen LogP contribution in [0.3, 0.4) is 0 Å². The minimum Gasteiger partial charge on any atom is -0.415 e. The van der Waals surface area contributed by atoms with E-state index < -0.39 is 0 Å². The number of nitrogens with zero attached hydrogens (tertiary/aromatic N) is 1. The van der Waals surface area contributed by atoms with Crippen LogP contribution in [0, 0.1) is 0 Å². The van der Waals surface area contributed by atoms with E-state index in [9.17, 15) is 4.79 Å². The summed E-state index contributed by atoms with van der Waals surface area (Å²) in [6, 6.07) is 15.6. The Morgan fingerprint density at radius 2 is 1.79 bits per heavy atom. The topological polar surface area (TPSA) is 31.2 Å². The van der Waals surface area contributed by atoms with Crippen molar-refractivity contribution >= 4 is 23.4 Å². The van der Waals surface area contributed by atoms with Crippen LogP contribution in [0.5, 0.6) is 0 Å². The summed E-state index contributed by atoms with van der Waals surface area (Å²) in [6.45, 7) is 2.44. The van der Waals surface area contributed by atoms with E-state index in [1.807, 2.05) is 43.0 Å². The standard InChI is InChI=1S/C23H22ClNO2S/c1-2-27-25-14-21(16-9-11-18(24)12-10-16)23(26)22(15-25)17-5-3-8-20(13-17)28-19-6-4-7-19/h3,5,8-15,19H,2,4,6-7H2,1H3. The molecule has 0 unspecified atom stereocenters. The second kappa shape index (κ2) is 8.46. The number of thioether (sulfide) groups is 1. The molecule has 28 heavy (non-hydrogen) atoms. The monoisotopic (exact) mass is 411 g/mol. The molecule has 1 heterocycles. The number of benzene rings is 2. The lowest BCUT2D eigenvalue weighted by atomic mass is 10.00. The van der Waals surface area contributed by atoms with Gasteiger partial charge in [-0.15, -0.1) is 11.8 Å². The lowest BCUT2D eigenvalue weighted by Crippen LogP contribution is -2.18. The number of aromatic nitrogens is 1. The highest BCUT2D eigenvalue weighted by atomic mass is 35.5. The Balaban J connectivity index is 1.78. The molecule has 3 aromatic rings. The molecule has 5 heteroatoms. The Kier molecular flexibility index (Phi) is 5.79. The first-order chi connectivity index (χ1) is 13.6. The molecule has 1 fully saturated rings. The minimum absolute atomic E-state index is 0.0101. The molecule has 2 aromatic carbocycles. The van der Waals surface area contributed by atoms with Gasteiger partial charge in [-0.05, 0) is 55.2 Å². The fourth-order valence-corrected chi connectivity index (χ4v) is 4.67. The van der Waals surface area contributed by atoms with Crippen molar-refractivity contribution in [3.8, 4) is 22.3 Å². The molecule has 0 saturated heterocycles. The highest BCUT2D eigenvalue weighted by molar-refractivity contribution is 8.00. The quantitative estimate of drug-likeness (QED) is 0.503. The third-order valence-electron chi connectivity index (χ3n) is 4.94. The zero-order valence-electron chi connectivity index (χ0n) is 15.7. The van der Waals surface area contributed by atoms with Gasteiger partial charge in [0.15, 0.2) is 5.43 Å². The maximum Gasteiger partial charge on any atom is 0.197 e. The van der Waals surface area contributed by atoms with Gasteiger partial charge >= 0.3 is 0 Å². The van der Waals surface area contributed by atoms with Crippen LogP contribution in [0.2, 0.25) is 5.02 Å². The van der Waals surface area contributed by atoms with Gasteiger partial charge in [-0.2, -0.15) is 4.73 Å². The van der Waals surface area contributed by atoms with Crippen LogP contribution in [-0.4, -0.2) is 16.6 Å². The zero-order valence-corrected chi connectivity index (χ0v) is 17.3. The first kappa shape index (κ1) is 19.2. The van der Waals surface area contributed by atoms with Crippen molar-refractivity contribution in [3.05, 3.63) is 76.2 Å². The third kappa shape index (κ3) is 4.13. The molecule has 1 aliphatic rings. The van der Waals surface area contributed by atoms with E-state index in [0.29, 0.717) is 28.0 Å². The summed E-state index contributed by atoms with van der Waals surface area (Å²) in [5.41, 5.74) is 2.96. The molecular weight excluding hydrogens is 390 g/mol. The van der Waals surface area contributed by atoms with Gasteiger partial charge < -0.3 is 4.84 Å². The van der Waals surface area contributed by atoms with Gasteiger partial charge in [0.05, 0.1) is 12.4 Å². The Hall–Kier alpha value is -2.17. The Morgan fingerprint density at radius 3 is 2.43 bits per heavy atom. The Bertz CT molecular complexity index is 1030. The van der Waals surface area contributed by atoms with Crippen molar-refractivity contribution in [2.24, 2.45) is 0 Å². The van der Waals surface area contributed by atoms with E-state index in [0.717, 1.165) is 11.1 Å². The van der Waals surface area contributed by atoms with Gasteiger partial charge in [0.1, 0.15) is 6.61 Å². The highest BCUT2D eigenvalue weighted by Gasteiger charge is 2.19. The molecular formula is C23H22ClNO2S. The molecule has 1 aliphatic carbocycles. The summed E-state index contributed by atoms with van der Waals surface area (Å²) in [4.78, 5) is 20.2. The fourth-order valence-electron chi connectivity index (χ4n) is 3.24. The van der Waals surface area contributed by atoms with Gasteiger partial charge in [-0.1, -0.05) is 42.3 Å². The first-order valence-electron chi connectivity index (χ1n) is 9.56. The third-order valence-corrected chi connectivity index (χ3v) is 6.52. The number of hydrogen-bond donors (Lipinski definition) is 0. The van der Waals surface area contributed by atoms with E-state index in [4.69, 9.17) is 16.4 Å².